The highest BCUT2D eigenvalue weighted by molar-refractivity contribution is 5.79. The molecule has 0 bridgehead atoms. The number of nitrogens with one attached hydrogen (secondary N) is 1. The first-order valence-corrected chi connectivity index (χ1v) is 8.50. The molecule has 0 spiro atoms. The minimum atomic E-state index is 0.120. The van der Waals surface area contributed by atoms with Crippen LogP contribution in [0.15, 0.2) is 0 Å². The number of rotatable bonds is 3. The summed E-state index contributed by atoms with van der Waals surface area (Å²) >= 11 is 0. The van der Waals surface area contributed by atoms with Gasteiger partial charge in [-0.05, 0) is 49.4 Å². The Labute approximate surface area is 124 Å². The quantitative estimate of drug-likeness (QED) is 0.835. The number of hydrogen-bond acceptors (Lipinski definition) is 2. The standard InChI is InChI=1S/C17H32N2O/c1-5-13-6-7-16(12(13)4)19-17(20)14-9-15(18)11(3)8-10(14)2/h10-16H,5-9,18H2,1-4H3,(H,19,20). The zero-order chi connectivity index (χ0) is 14.9. The van der Waals surface area contributed by atoms with E-state index in [2.05, 4.69) is 33.0 Å². The van der Waals surface area contributed by atoms with Crippen LogP contribution >= 0.6 is 0 Å². The van der Waals surface area contributed by atoms with Crippen molar-refractivity contribution in [2.45, 2.75) is 71.9 Å². The van der Waals surface area contributed by atoms with Crippen LogP contribution in [0.2, 0.25) is 0 Å². The molecule has 0 aromatic rings. The molecule has 0 saturated heterocycles. The zero-order valence-electron chi connectivity index (χ0n) is 13.6. The maximum Gasteiger partial charge on any atom is 0.223 e. The van der Waals surface area contributed by atoms with Gasteiger partial charge in [0.05, 0.1) is 0 Å². The molecule has 3 nitrogen and oxygen atoms in total. The van der Waals surface area contributed by atoms with Gasteiger partial charge in [0.2, 0.25) is 5.91 Å². The SMILES string of the molecule is CCC1CCC(NC(=O)C2CC(N)C(C)CC2C)C1C. The summed E-state index contributed by atoms with van der Waals surface area (Å²) in [5, 5.41) is 3.33. The highest BCUT2D eigenvalue weighted by atomic mass is 16.2. The Balaban J connectivity index is 1.92. The summed E-state index contributed by atoms with van der Waals surface area (Å²) in [5.41, 5.74) is 6.17. The monoisotopic (exact) mass is 280 g/mol. The zero-order valence-corrected chi connectivity index (χ0v) is 13.6. The molecule has 1 amide bonds. The Kier molecular flexibility index (Phi) is 5.11. The van der Waals surface area contributed by atoms with Gasteiger partial charge in [-0.15, -0.1) is 0 Å². The van der Waals surface area contributed by atoms with E-state index in [1.165, 1.54) is 12.8 Å². The molecule has 3 N–H and O–H groups in total. The van der Waals surface area contributed by atoms with Gasteiger partial charge >= 0.3 is 0 Å². The summed E-state index contributed by atoms with van der Waals surface area (Å²) in [6.07, 6.45) is 5.58. The lowest BCUT2D eigenvalue weighted by Gasteiger charge is -2.37. The van der Waals surface area contributed by atoms with Crippen molar-refractivity contribution >= 4 is 5.91 Å². The highest BCUT2D eigenvalue weighted by Gasteiger charge is 2.38. The fraction of sp³-hybridized carbons (Fsp3) is 0.941. The van der Waals surface area contributed by atoms with Crippen LogP contribution in [0.1, 0.15) is 59.8 Å². The lowest BCUT2D eigenvalue weighted by atomic mass is 9.72. The normalized spacial score (nSPS) is 45.4. The molecular weight excluding hydrogens is 248 g/mol. The second kappa shape index (κ2) is 6.46. The maximum atomic E-state index is 12.6. The smallest absolute Gasteiger partial charge is 0.223 e. The number of carbonyl (C=O) groups excluding carboxylic acids is 1. The Hall–Kier alpha value is -0.570. The topological polar surface area (TPSA) is 55.1 Å². The van der Waals surface area contributed by atoms with Crippen LogP contribution in [0.5, 0.6) is 0 Å². The van der Waals surface area contributed by atoms with Crippen molar-refractivity contribution in [3.8, 4) is 0 Å². The van der Waals surface area contributed by atoms with Crippen LogP contribution in [0, 0.1) is 29.6 Å². The molecule has 2 saturated carbocycles. The Morgan fingerprint density at radius 3 is 2.45 bits per heavy atom. The summed E-state index contributed by atoms with van der Waals surface area (Å²) < 4.78 is 0. The molecule has 0 aromatic carbocycles. The van der Waals surface area contributed by atoms with Gasteiger partial charge in [0, 0.05) is 18.0 Å². The third-order valence-electron chi connectivity index (χ3n) is 6.10. The Morgan fingerprint density at radius 1 is 1.15 bits per heavy atom. The average molecular weight is 280 g/mol. The van der Waals surface area contributed by atoms with Gasteiger partial charge in [0.15, 0.2) is 0 Å². The molecule has 2 aliphatic rings. The first kappa shape index (κ1) is 15.8. The van der Waals surface area contributed by atoms with Crippen LogP contribution in [0.25, 0.3) is 0 Å². The minimum Gasteiger partial charge on any atom is -0.353 e. The van der Waals surface area contributed by atoms with Gasteiger partial charge < -0.3 is 11.1 Å². The van der Waals surface area contributed by atoms with Crippen molar-refractivity contribution in [1.82, 2.24) is 5.32 Å². The number of nitrogens with two attached hydrogens (primary N) is 1. The number of carbonyl (C=O) groups is 1. The summed E-state index contributed by atoms with van der Waals surface area (Å²) in [6.45, 7) is 8.97. The largest absolute Gasteiger partial charge is 0.353 e. The van der Waals surface area contributed by atoms with Crippen molar-refractivity contribution in [1.29, 1.82) is 0 Å². The molecule has 0 heterocycles. The van der Waals surface area contributed by atoms with E-state index in [1.807, 2.05) is 0 Å². The molecule has 2 fully saturated rings. The Morgan fingerprint density at radius 2 is 1.85 bits per heavy atom. The summed E-state index contributed by atoms with van der Waals surface area (Å²) in [5.74, 6) is 2.79. The molecule has 0 radical (unpaired) electrons. The molecule has 7 atom stereocenters. The van der Waals surface area contributed by atoms with Gasteiger partial charge in [-0.2, -0.15) is 0 Å². The third kappa shape index (κ3) is 3.19. The van der Waals surface area contributed by atoms with Gasteiger partial charge in [-0.3, -0.25) is 4.79 Å². The maximum absolute atomic E-state index is 12.6. The van der Waals surface area contributed by atoms with E-state index in [0.29, 0.717) is 23.8 Å². The van der Waals surface area contributed by atoms with Crippen molar-refractivity contribution < 1.29 is 4.79 Å². The first-order chi connectivity index (χ1) is 9.43. The summed E-state index contributed by atoms with van der Waals surface area (Å²) in [6, 6.07) is 0.571. The molecular formula is C17H32N2O. The molecule has 7 unspecified atom stereocenters. The van der Waals surface area contributed by atoms with E-state index < -0.39 is 0 Å². The summed E-state index contributed by atoms with van der Waals surface area (Å²) in [7, 11) is 0. The van der Waals surface area contributed by atoms with Crippen LogP contribution in [0.3, 0.4) is 0 Å². The van der Waals surface area contributed by atoms with Gasteiger partial charge in [-0.25, -0.2) is 0 Å². The summed E-state index contributed by atoms with van der Waals surface area (Å²) in [4.78, 5) is 12.6. The molecule has 116 valence electrons. The molecule has 20 heavy (non-hydrogen) atoms. The van der Waals surface area contributed by atoms with Gasteiger partial charge in [0.1, 0.15) is 0 Å². The van der Waals surface area contributed by atoms with Crippen LogP contribution in [-0.4, -0.2) is 18.0 Å². The fourth-order valence-electron chi connectivity index (χ4n) is 4.37. The van der Waals surface area contributed by atoms with Crippen molar-refractivity contribution in [3.63, 3.8) is 0 Å². The second-order valence-electron chi connectivity index (χ2n) is 7.42. The molecule has 3 heteroatoms. The number of amides is 1. The van der Waals surface area contributed by atoms with Crippen LogP contribution in [-0.2, 0) is 4.79 Å². The van der Waals surface area contributed by atoms with Gasteiger partial charge in [0.25, 0.3) is 0 Å². The van der Waals surface area contributed by atoms with Crippen molar-refractivity contribution in [3.05, 3.63) is 0 Å². The van der Waals surface area contributed by atoms with E-state index in [0.717, 1.165) is 25.2 Å². The highest BCUT2D eigenvalue weighted by Crippen LogP contribution is 2.36. The first-order valence-electron chi connectivity index (χ1n) is 8.50. The van der Waals surface area contributed by atoms with E-state index in [-0.39, 0.29) is 17.9 Å². The van der Waals surface area contributed by atoms with E-state index in [4.69, 9.17) is 5.73 Å². The Bertz CT molecular complexity index is 344. The minimum absolute atomic E-state index is 0.120. The predicted octanol–water partition coefficient (Wildman–Crippen LogP) is 2.94. The molecule has 2 rings (SSSR count). The predicted molar refractivity (Wildman–Crippen MR) is 83.1 cm³/mol. The fourth-order valence-corrected chi connectivity index (χ4v) is 4.37. The third-order valence-corrected chi connectivity index (χ3v) is 6.10. The second-order valence-corrected chi connectivity index (χ2v) is 7.42. The molecule has 0 aliphatic heterocycles. The van der Waals surface area contributed by atoms with Crippen molar-refractivity contribution in [2.75, 3.05) is 0 Å². The van der Waals surface area contributed by atoms with Gasteiger partial charge in [-0.1, -0.05) is 34.1 Å². The van der Waals surface area contributed by atoms with Crippen LogP contribution in [0.4, 0.5) is 0 Å². The number of hydrogen-bond donors (Lipinski definition) is 2. The lowest BCUT2D eigenvalue weighted by molar-refractivity contribution is -0.129. The van der Waals surface area contributed by atoms with E-state index in [9.17, 15) is 4.79 Å². The van der Waals surface area contributed by atoms with E-state index in [1.54, 1.807) is 0 Å². The molecule has 0 aromatic heterocycles. The van der Waals surface area contributed by atoms with Crippen molar-refractivity contribution in [2.24, 2.45) is 35.3 Å². The average Bonchev–Trinajstić information content (AvgIpc) is 2.74. The van der Waals surface area contributed by atoms with Crippen LogP contribution < -0.4 is 11.1 Å². The lowest BCUT2D eigenvalue weighted by Crippen LogP contribution is -2.48. The van der Waals surface area contributed by atoms with E-state index >= 15 is 0 Å². The molecule has 2 aliphatic carbocycles.